The molecule has 1 atom stereocenters. The number of ether oxygens (including phenoxy) is 2. The van der Waals surface area contributed by atoms with Crippen LogP contribution in [0, 0.1) is 0 Å². The Morgan fingerprint density at radius 2 is 1.66 bits per heavy atom. The lowest BCUT2D eigenvalue weighted by atomic mass is 10.0. The Morgan fingerprint density at radius 1 is 0.966 bits per heavy atom. The molecule has 0 fully saturated rings. The third kappa shape index (κ3) is 4.73. The topological polar surface area (TPSA) is 84.9 Å². The molecule has 0 unspecified atom stereocenters. The van der Waals surface area contributed by atoms with Gasteiger partial charge < -0.3 is 19.9 Å². The lowest BCUT2D eigenvalue weighted by Crippen LogP contribution is -2.30. The maximum Gasteiger partial charge on any atom is 0.342 e. The number of amides is 1. The van der Waals surface area contributed by atoms with Crippen LogP contribution < -0.4 is 10.1 Å². The van der Waals surface area contributed by atoms with Crippen LogP contribution >= 0.6 is 0 Å². The van der Waals surface area contributed by atoms with E-state index < -0.39 is 18.0 Å². The van der Waals surface area contributed by atoms with E-state index in [0.29, 0.717) is 11.4 Å². The number of hydrogen-bond donors (Lipinski definition) is 2. The molecule has 148 valence electrons. The van der Waals surface area contributed by atoms with Crippen LogP contribution in [-0.2, 0) is 9.53 Å². The number of rotatable bonds is 6. The van der Waals surface area contributed by atoms with E-state index in [9.17, 15) is 14.7 Å². The summed E-state index contributed by atoms with van der Waals surface area (Å²) in [5.74, 6) is -1.15. The van der Waals surface area contributed by atoms with Crippen molar-refractivity contribution in [3.05, 3.63) is 78.4 Å². The van der Waals surface area contributed by atoms with Crippen LogP contribution in [0.25, 0.3) is 11.1 Å². The number of phenols is 1. The fourth-order valence-electron chi connectivity index (χ4n) is 2.78. The fraction of sp³-hybridized carbons (Fsp3) is 0.130. The Labute approximate surface area is 168 Å². The van der Waals surface area contributed by atoms with Crippen molar-refractivity contribution >= 4 is 17.6 Å². The van der Waals surface area contributed by atoms with Gasteiger partial charge in [0.05, 0.1) is 7.11 Å². The summed E-state index contributed by atoms with van der Waals surface area (Å²) < 4.78 is 10.2. The van der Waals surface area contributed by atoms with E-state index in [1.807, 2.05) is 48.5 Å². The van der Waals surface area contributed by atoms with Crippen molar-refractivity contribution in [2.75, 3.05) is 12.4 Å². The molecule has 0 aliphatic rings. The van der Waals surface area contributed by atoms with Gasteiger partial charge in [0.1, 0.15) is 17.1 Å². The minimum Gasteiger partial charge on any atom is -0.507 e. The van der Waals surface area contributed by atoms with Crippen LogP contribution in [0.3, 0.4) is 0 Å². The van der Waals surface area contributed by atoms with Crippen molar-refractivity contribution in [1.82, 2.24) is 0 Å². The molecule has 6 heteroatoms. The number of nitrogens with one attached hydrogen (secondary N) is 1. The van der Waals surface area contributed by atoms with Crippen LogP contribution in [0.15, 0.2) is 72.8 Å². The Hall–Kier alpha value is -3.80. The lowest BCUT2D eigenvalue weighted by Gasteiger charge is -2.16. The summed E-state index contributed by atoms with van der Waals surface area (Å²) in [6.07, 6.45) is -1.06. The summed E-state index contributed by atoms with van der Waals surface area (Å²) in [6.45, 7) is 1.47. The fourth-order valence-corrected chi connectivity index (χ4v) is 2.78. The molecule has 0 aliphatic carbocycles. The lowest BCUT2D eigenvalue weighted by molar-refractivity contribution is -0.123. The van der Waals surface area contributed by atoms with Gasteiger partial charge in [0.15, 0.2) is 6.10 Å². The summed E-state index contributed by atoms with van der Waals surface area (Å²) in [5.41, 5.74) is 2.37. The third-order valence-electron chi connectivity index (χ3n) is 4.35. The quantitative estimate of drug-likeness (QED) is 0.614. The summed E-state index contributed by atoms with van der Waals surface area (Å²) in [4.78, 5) is 24.9. The number of methoxy groups -OCH3 is 1. The summed E-state index contributed by atoms with van der Waals surface area (Å²) in [7, 11) is 1.45. The van der Waals surface area contributed by atoms with Gasteiger partial charge in [-0.1, -0.05) is 48.5 Å². The standard InChI is InChI=1S/C23H21NO5/c1-15(29-23(27)19-13-12-17(28-2)14-21(19)25)22(26)24-20-11-7-6-10-18(20)16-8-4-3-5-9-16/h3-15,25H,1-2H3,(H,24,26)/t15-/m1/s1. The van der Waals surface area contributed by atoms with Crippen molar-refractivity contribution in [3.8, 4) is 22.6 Å². The van der Waals surface area contributed by atoms with Crippen molar-refractivity contribution in [1.29, 1.82) is 0 Å². The molecule has 1 amide bonds. The van der Waals surface area contributed by atoms with Crippen LogP contribution in [-0.4, -0.2) is 30.2 Å². The largest absolute Gasteiger partial charge is 0.507 e. The highest BCUT2D eigenvalue weighted by Gasteiger charge is 2.22. The Balaban J connectivity index is 1.71. The number of hydrogen-bond acceptors (Lipinski definition) is 5. The van der Waals surface area contributed by atoms with Gasteiger partial charge in [-0.05, 0) is 30.7 Å². The highest BCUT2D eigenvalue weighted by molar-refractivity contribution is 6.00. The minimum absolute atomic E-state index is 0.0462. The van der Waals surface area contributed by atoms with E-state index in [1.54, 1.807) is 6.07 Å². The zero-order valence-electron chi connectivity index (χ0n) is 16.1. The molecular formula is C23H21NO5. The molecule has 0 aromatic heterocycles. The van der Waals surface area contributed by atoms with Crippen molar-refractivity contribution in [2.24, 2.45) is 0 Å². The van der Waals surface area contributed by atoms with Gasteiger partial charge in [0.2, 0.25) is 0 Å². The van der Waals surface area contributed by atoms with E-state index in [4.69, 9.17) is 9.47 Å². The molecule has 0 heterocycles. The average Bonchev–Trinajstić information content (AvgIpc) is 2.74. The van der Waals surface area contributed by atoms with E-state index in [1.165, 1.54) is 32.2 Å². The highest BCUT2D eigenvalue weighted by atomic mass is 16.5. The number of benzene rings is 3. The van der Waals surface area contributed by atoms with E-state index in [2.05, 4.69) is 5.32 Å². The maximum atomic E-state index is 12.6. The number of anilines is 1. The van der Waals surface area contributed by atoms with Crippen LogP contribution in [0.5, 0.6) is 11.5 Å². The van der Waals surface area contributed by atoms with E-state index in [-0.39, 0.29) is 11.3 Å². The first-order chi connectivity index (χ1) is 14.0. The molecule has 3 rings (SSSR count). The molecule has 0 saturated heterocycles. The first kappa shape index (κ1) is 19.9. The predicted molar refractivity (Wildman–Crippen MR) is 110 cm³/mol. The van der Waals surface area contributed by atoms with Crippen molar-refractivity contribution < 1.29 is 24.2 Å². The molecular weight excluding hydrogens is 370 g/mol. The molecule has 29 heavy (non-hydrogen) atoms. The molecule has 3 aromatic carbocycles. The van der Waals surface area contributed by atoms with E-state index in [0.717, 1.165) is 11.1 Å². The molecule has 2 N–H and O–H groups in total. The van der Waals surface area contributed by atoms with Gasteiger partial charge in [-0.25, -0.2) is 4.79 Å². The van der Waals surface area contributed by atoms with Gasteiger partial charge in [-0.3, -0.25) is 4.79 Å². The highest BCUT2D eigenvalue weighted by Crippen LogP contribution is 2.28. The molecule has 0 aliphatic heterocycles. The second kappa shape index (κ2) is 8.93. The summed E-state index contributed by atoms with van der Waals surface area (Å²) in [6, 6.07) is 21.2. The smallest absolute Gasteiger partial charge is 0.342 e. The van der Waals surface area contributed by atoms with Gasteiger partial charge >= 0.3 is 5.97 Å². The number of carbonyl (C=O) groups is 2. The van der Waals surface area contributed by atoms with Crippen LogP contribution in [0.4, 0.5) is 5.69 Å². The number of phenolic OH excluding ortho intramolecular Hbond substituents is 1. The van der Waals surface area contributed by atoms with Crippen molar-refractivity contribution in [2.45, 2.75) is 13.0 Å². The maximum absolute atomic E-state index is 12.6. The SMILES string of the molecule is COc1ccc(C(=O)O[C@H](C)C(=O)Nc2ccccc2-c2ccccc2)c(O)c1. The second-order valence-corrected chi connectivity index (χ2v) is 6.33. The number of para-hydroxylation sites is 1. The van der Waals surface area contributed by atoms with E-state index >= 15 is 0 Å². The molecule has 0 radical (unpaired) electrons. The molecule has 0 spiro atoms. The number of carbonyl (C=O) groups excluding carboxylic acids is 2. The zero-order valence-corrected chi connectivity index (χ0v) is 16.1. The van der Waals surface area contributed by atoms with Crippen LogP contribution in [0.2, 0.25) is 0 Å². The summed E-state index contributed by atoms with van der Waals surface area (Å²) in [5, 5.41) is 12.8. The van der Waals surface area contributed by atoms with Crippen LogP contribution in [0.1, 0.15) is 17.3 Å². The molecule has 0 bridgehead atoms. The molecule has 0 saturated carbocycles. The van der Waals surface area contributed by atoms with Crippen molar-refractivity contribution in [3.63, 3.8) is 0 Å². The third-order valence-corrected chi connectivity index (χ3v) is 4.35. The Morgan fingerprint density at radius 3 is 2.34 bits per heavy atom. The Kier molecular flexibility index (Phi) is 6.14. The number of aromatic hydroxyl groups is 1. The predicted octanol–water partition coefficient (Wildman–Crippen LogP) is 4.25. The zero-order chi connectivity index (χ0) is 20.8. The van der Waals surface area contributed by atoms with Gasteiger partial charge in [0, 0.05) is 17.3 Å². The van der Waals surface area contributed by atoms with Gasteiger partial charge in [-0.2, -0.15) is 0 Å². The monoisotopic (exact) mass is 391 g/mol. The molecule has 3 aromatic rings. The minimum atomic E-state index is -1.06. The summed E-state index contributed by atoms with van der Waals surface area (Å²) >= 11 is 0. The normalized spacial score (nSPS) is 11.4. The van der Waals surface area contributed by atoms with Gasteiger partial charge in [-0.15, -0.1) is 0 Å². The Bertz CT molecular complexity index is 1020. The van der Waals surface area contributed by atoms with Gasteiger partial charge in [0.25, 0.3) is 5.91 Å². The molecule has 6 nitrogen and oxygen atoms in total. The first-order valence-electron chi connectivity index (χ1n) is 9.03. The number of esters is 1. The average molecular weight is 391 g/mol. The second-order valence-electron chi connectivity index (χ2n) is 6.33. The first-order valence-corrected chi connectivity index (χ1v) is 9.03.